The van der Waals surface area contributed by atoms with E-state index in [1.165, 1.54) is 0 Å². The van der Waals surface area contributed by atoms with Gasteiger partial charge in [-0.1, -0.05) is 13.3 Å². The molecule has 0 aliphatic rings. The standard InChI is InChI=1S/C7H13O3S/c1-2-3-4-9-5-6-10-7(8)11/h2-6H2,1H3. The lowest BCUT2D eigenvalue weighted by Gasteiger charge is -2.01. The van der Waals surface area contributed by atoms with Gasteiger partial charge >= 0.3 is 5.30 Å². The molecule has 0 bridgehead atoms. The van der Waals surface area contributed by atoms with E-state index in [1.54, 1.807) is 0 Å². The van der Waals surface area contributed by atoms with E-state index in [0.29, 0.717) is 6.61 Å². The number of unbranched alkanes of at least 4 members (excludes halogenated alkanes) is 1. The van der Waals surface area contributed by atoms with Crippen LogP contribution in [0.15, 0.2) is 0 Å². The monoisotopic (exact) mass is 177 g/mol. The Balaban J connectivity index is 2.85. The molecule has 4 heteroatoms. The number of hydrogen-bond acceptors (Lipinski definition) is 3. The number of carbonyl (C=O) groups is 1. The summed E-state index contributed by atoms with van der Waals surface area (Å²) in [4.78, 5) is 10.1. The predicted octanol–water partition coefficient (Wildman–Crippen LogP) is 2.14. The molecule has 0 atom stereocenters. The van der Waals surface area contributed by atoms with Crippen molar-refractivity contribution in [1.29, 1.82) is 0 Å². The predicted molar refractivity (Wildman–Crippen MR) is 44.7 cm³/mol. The van der Waals surface area contributed by atoms with Gasteiger partial charge in [-0.3, -0.25) is 0 Å². The van der Waals surface area contributed by atoms with Crippen LogP contribution in [0.3, 0.4) is 0 Å². The van der Waals surface area contributed by atoms with Crippen LogP contribution >= 0.6 is 12.6 Å². The number of ether oxygens (including phenoxy) is 2. The fourth-order valence-corrected chi connectivity index (χ4v) is 0.616. The SMILES string of the molecule is CCCCOCCOC(=O)[S]. The number of rotatable bonds is 6. The van der Waals surface area contributed by atoms with Gasteiger partial charge in [0.25, 0.3) is 0 Å². The Bertz CT molecular complexity index is 106. The zero-order valence-corrected chi connectivity index (χ0v) is 7.49. The molecule has 1 radical (unpaired) electrons. The first-order chi connectivity index (χ1) is 5.27. The van der Waals surface area contributed by atoms with E-state index in [-0.39, 0.29) is 6.61 Å². The van der Waals surface area contributed by atoms with Crippen molar-refractivity contribution < 1.29 is 14.3 Å². The Kier molecular flexibility index (Phi) is 7.51. The van der Waals surface area contributed by atoms with E-state index < -0.39 is 5.30 Å². The summed E-state index contributed by atoms with van der Waals surface area (Å²) in [7, 11) is 0. The summed E-state index contributed by atoms with van der Waals surface area (Å²) in [5, 5.41) is -0.663. The maximum Gasteiger partial charge on any atom is 0.400 e. The highest BCUT2D eigenvalue weighted by atomic mass is 32.1. The van der Waals surface area contributed by atoms with Crippen molar-refractivity contribution >= 4 is 17.9 Å². The van der Waals surface area contributed by atoms with Crippen LogP contribution in [-0.2, 0) is 9.47 Å². The lowest BCUT2D eigenvalue weighted by atomic mass is 10.4. The van der Waals surface area contributed by atoms with Crippen LogP contribution in [0.1, 0.15) is 19.8 Å². The quantitative estimate of drug-likeness (QED) is 0.460. The molecule has 0 heterocycles. The van der Waals surface area contributed by atoms with Crippen molar-refractivity contribution in [2.75, 3.05) is 19.8 Å². The van der Waals surface area contributed by atoms with Crippen LogP contribution in [0.4, 0.5) is 4.79 Å². The van der Waals surface area contributed by atoms with E-state index >= 15 is 0 Å². The summed E-state index contributed by atoms with van der Waals surface area (Å²) < 4.78 is 9.57. The Labute approximate surface area is 72.5 Å². The lowest BCUT2D eigenvalue weighted by molar-refractivity contribution is 0.0814. The second-order valence-corrected chi connectivity index (χ2v) is 2.40. The summed E-state index contributed by atoms with van der Waals surface area (Å²) in [6.45, 7) is 3.53. The molecule has 65 valence electrons. The molecule has 0 aromatic heterocycles. The molecule has 0 rings (SSSR count). The summed E-state index contributed by atoms with van der Waals surface area (Å²) >= 11 is 4.16. The molecular formula is C7H13O3S. The molecule has 0 saturated heterocycles. The second kappa shape index (κ2) is 7.75. The molecule has 0 aromatic carbocycles. The molecule has 0 amide bonds. The molecule has 0 spiro atoms. The van der Waals surface area contributed by atoms with Crippen molar-refractivity contribution in [3.8, 4) is 0 Å². The zero-order chi connectivity index (χ0) is 8.53. The number of hydrogen-bond donors (Lipinski definition) is 0. The van der Waals surface area contributed by atoms with Crippen molar-refractivity contribution in [2.45, 2.75) is 19.8 Å². The molecule has 0 saturated carbocycles. The molecular weight excluding hydrogens is 164 g/mol. The first-order valence-electron chi connectivity index (χ1n) is 3.69. The lowest BCUT2D eigenvalue weighted by Crippen LogP contribution is -2.06. The maximum absolute atomic E-state index is 10.1. The minimum absolute atomic E-state index is 0.270. The van der Waals surface area contributed by atoms with E-state index in [1.807, 2.05) is 0 Å². The molecule has 0 fully saturated rings. The van der Waals surface area contributed by atoms with Crippen LogP contribution in [-0.4, -0.2) is 25.1 Å². The summed E-state index contributed by atoms with van der Waals surface area (Å²) in [5.74, 6) is 0. The molecule has 11 heavy (non-hydrogen) atoms. The van der Waals surface area contributed by atoms with Gasteiger partial charge in [-0.15, -0.1) is 0 Å². The Morgan fingerprint density at radius 2 is 2.09 bits per heavy atom. The van der Waals surface area contributed by atoms with Gasteiger partial charge in [0.1, 0.15) is 6.61 Å². The third-order valence-electron chi connectivity index (χ3n) is 1.09. The van der Waals surface area contributed by atoms with E-state index in [2.05, 4.69) is 24.3 Å². The Morgan fingerprint density at radius 1 is 1.36 bits per heavy atom. The van der Waals surface area contributed by atoms with Crippen molar-refractivity contribution in [3.63, 3.8) is 0 Å². The fraction of sp³-hybridized carbons (Fsp3) is 0.857. The van der Waals surface area contributed by atoms with Crippen LogP contribution in [0, 0.1) is 0 Å². The van der Waals surface area contributed by atoms with Crippen molar-refractivity contribution in [2.24, 2.45) is 0 Å². The molecule has 3 nitrogen and oxygen atoms in total. The highest BCUT2D eigenvalue weighted by Gasteiger charge is 1.93. The molecule has 0 N–H and O–H groups in total. The first kappa shape index (κ1) is 10.7. The normalized spacial score (nSPS) is 9.55. The minimum Gasteiger partial charge on any atom is -0.452 e. The Hall–Kier alpha value is -0.350. The zero-order valence-electron chi connectivity index (χ0n) is 6.67. The van der Waals surface area contributed by atoms with Gasteiger partial charge in [0.2, 0.25) is 0 Å². The summed E-state index contributed by atoms with van der Waals surface area (Å²) in [6, 6.07) is 0. The first-order valence-corrected chi connectivity index (χ1v) is 4.09. The van der Waals surface area contributed by atoms with Crippen LogP contribution in [0.2, 0.25) is 0 Å². The largest absolute Gasteiger partial charge is 0.452 e. The minimum atomic E-state index is -0.663. The van der Waals surface area contributed by atoms with Gasteiger partial charge < -0.3 is 9.47 Å². The van der Waals surface area contributed by atoms with Gasteiger partial charge in [0.15, 0.2) is 0 Å². The maximum atomic E-state index is 10.1. The highest BCUT2D eigenvalue weighted by Crippen LogP contribution is 1.89. The van der Waals surface area contributed by atoms with Crippen molar-refractivity contribution in [3.05, 3.63) is 0 Å². The average Bonchev–Trinajstić information content (AvgIpc) is 1.96. The van der Waals surface area contributed by atoms with E-state index in [4.69, 9.17) is 4.74 Å². The van der Waals surface area contributed by atoms with Crippen molar-refractivity contribution in [1.82, 2.24) is 0 Å². The van der Waals surface area contributed by atoms with Crippen LogP contribution < -0.4 is 0 Å². The second-order valence-electron chi connectivity index (χ2n) is 2.06. The molecule has 0 aliphatic carbocycles. The molecule has 0 aliphatic heterocycles. The van der Waals surface area contributed by atoms with Gasteiger partial charge in [-0.25, -0.2) is 4.79 Å². The van der Waals surface area contributed by atoms with Crippen LogP contribution in [0.5, 0.6) is 0 Å². The van der Waals surface area contributed by atoms with E-state index in [0.717, 1.165) is 19.4 Å². The summed E-state index contributed by atoms with van der Waals surface area (Å²) in [5.41, 5.74) is 0. The molecule has 0 unspecified atom stereocenters. The van der Waals surface area contributed by atoms with Gasteiger partial charge in [0.05, 0.1) is 6.61 Å². The Morgan fingerprint density at radius 3 is 2.64 bits per heavy atom. The highest BCUT2D eigenvalue weighted by molar-refractivity contribution is 7.96. The van der Waals surface area contributed by atoms with E-state index in [9.17, 15) is 4.79 Å². The third kappa shape index (κ3) is 9.65. The number of carbonyl (C=O) groups excluding carboxylic acids is 1. The summed E-state index contributed by atoms with van der Waals surface area (Å²) in [6.07, 6.45) is 2.16. The van der Waals surface area contributed by atoms with Crippen LogP contribution in [0.25, 0.3) is 0 Å². The van der Waals surface area contributed by atoms with Gasteiger partial charge in [-0.2, -0.15) is 0 Å². The smallest absolute Gasteiger partial charge is 0.400 e. The topological polar surface area (TPSA) is 35.5 Å². The average molecular weight is 177 g/mol. The van der Waals surface area contributed by atoms with Gasteiger partial charge in [-0.05, 0) is 6.42 Å². The molecule has 0 aromatic rings. The third-order valence-corrected chi connectivity index (χ3v) is 1.21. The van der Waals surface area contributed by atoms with Gasteiger partial charge in [0, 0.05) is 19.2 Å². The fourth-order valence-electron chi connectivity index (χ4n) is 0.532.